The summed E-state index contributed by atoms with van der Waals surface area (Å²) in [4.78, 5) is 11.4. The van der Waals surface area contributed by atoms with Gasteiger partial charge in [-0.2, -0.15) is 0 Å². The molecule has 1 aromatic rings. The van der Waals surface area contributed by atoms with Crippen LogP contribution in [0.5, 0.6) is 0 Å². The summed E-state index contributed by atoms with van der Waals surface area (Å²) in [6.07, 6.45) is 0. The standard InChI is InChI=1S/C10H14BrNO2/c1-7-4-5-8(14-7)6-12-9(13)10(2,3)11/h4-5H,6H2,1-3H3,(H,12,13). The lowest BCUT2D eigenvalue weighted by atomic mass is 10.2. The van der Waals surface area contributed by atoms with Gasteiger partial charge in [0.1, 0.15) is 11.5 Å². The van der Waals surface area contributed by atoms with Gasteiger partial charge in [0.2, 0.25) is 5.91 Å². The lowest BCUT2D eigenvalue weighted by Gasteiger charge is -2.14. The van der Waals surface area contributed by atoms with Crippen LogP contribution in [0.15, 0.2) is 16.5 Å². The van der Waals surface area contributed by atoms with E-state index >= 15 is 0 Å². The summed E-state index contributed by atoms with van der Waals surface area (Å²) in [5.41, 5.74) is 0. The first-order valence-corrected chi connectivity index (χ1v) is 5.21. The van der Waals surface area contributed by atoms with Crippen molar-refractivity contribution in [3.8, 4) is 0 Å². The minimum atomic E-state index is -0.533. The Morgan fingerprint density at radius 2 is 2.21 bits per heavy atom. The van der Waals surface area contributed by atoms with E-state index in [9.17, 15) is 4.79 Å². The minimum Gasteiger partial charge on any atom is -0.465 e. The van der Waals surface area contributed by atoms with Crippen molar-refractivity contribution in [2.24, 2.45) is 0 Å². The second-order valence-corrected chi connectivity index (χ2v) is 5.65. The van der Waals surface area contributed by atoms with E-state index in [1.807, 2.05) is 19.1 Å². The van der Waals surface area contributed by atoms with Crippen molar-refractivity contribution in [1.29, 1.82) is 0 Å². The second kappa shape index (κ2) is 4.17. The lowest BCUT2D eigenvalue weighted by Crippen LogP contribution is -2.36. The largest absolute Gasteiger partial charge is 0.465 e. The topological polar surface area (TPSA) is 42.2 Å². The molecule has 1 N–H and O–H groups in total. The summed E-state index contributed by atoms with van der Waals surface area (Å²) >= 11 is 3.28. The SMILES string of the molecule is Cc1ccc(CNC(=O)C(C)(C)Br)o1. The van der Waals surface area contributed by atoms with Gasteiger partial charge in [-0.15, -0.1) is 0 Å². The Morgan fingerprint density at radius 1 is 1.57 bits per heavy atom. The van der Waals surface area contributed by atoms with Gasteiger partial charge >= 0.3 is 0 Å². The molecule has 0 aliphatic heterocycles. The predicted molar refractivity (Wildman–Crippen MR) is 58.3 cm³/mol. The highest BCUT2D eigenvalue weighted by atomic mass is 79.9. The maximum absolute atomic E-state index is 11.4. The van der Waals surface area contributed by atoms with Crippen LogP contribution in [0.1, 0.15) is 25.4 Å². The molecule has 0 fully saturated rings. The molecular weight excluding hydrogens is 246 g/mol. The number of hydrogen-bond donors (Lipinski definition) is 1. The molecule has 1 amide bonds. The fraction of sp³-hybridized carbons (Fsp3) is 0.500. The Balaban J connectivity index is 2.46. The van der Waals surface area contributed by atoms with Crippen LogP contribution >= 0.6 is 15.9 Å². The maximum atomic E-state index is 11.4. The third kappa shape index (κ3) is 3.18. The number of rotatable bonds is 3. The molecule has 0 bridgehead atoms. The van der Waals surface area contributed by atoms with Crippen LogP contribution in [0.3, 0.4) is 0 Å². The predicted octanol–water partition coefficient (Wildman–Crippen LogP) is 2.38. The zero-order chi connectivity index (χ0) is 10.8. The van der Waals surface area contributed by atoms with E-state index in [1.165, 1.54) is 0 Å². The molecule has 3 nitrogen and oxygen atoms in total. The Kier molecular flexibility index (Phi) is 3.37. The monoisotopic (exact) mass is 259 g/mol. The summed E-state index contributed by atoms with van der Waals surface area (Å²) in [6.45, 7) is 5.91. The summed E-state index contributed by atoms with van der Waals surface area (Å²) < 4.78 is 4.78. The number of alkyl halides is 1. The highest BCUT2D eigenvalue weighted by Crippen LogP contribution is 2.15. The molecule has 1 rings (SSSR count). The highest BCUT2D eigenvalue weighted by Gasteiger charge is 2.23. The quantitative estimate of drug-likeness (QED) is 0.848. The van der Waals surface area contributed by atoms with Crippen LogP contribution in [0.25, 0.3) is 0 Å². The normalized spacial score (nSPS) is 11.4. The smallest absolute Gasteiger partial charge is 0.236 e. The van der Waals surface area contributed by atoms with Crippen molar-refractivity contribution in [3.63, 3.8) is 0 Å². The molecule has 0 aliphatic carbocycles. The molecule has 0 saturated carbocycles. The van der Waals surface area contributed by atoms with Crippen molar-refractivity contribution < 1.29 is 9.21 Å². The number of halogens is 1. The summed E-state index contributed by atoms with van der Waals surface area (Å²) in [7, 11) is 0. The fourth-order valence-corrected chi connectivity index (χ4v) is 1.10. The Morgan fingerprint density at radius 3 is 2.64 bits per heavy atom. The van der Waals surface area contributed by atoms with Crippen molar-refractivity contribution in [1.82, 2.24) is 5.32 Å². The Hall–Kier alpha value is -0.770. The first-order valence-electron chi connectivity index (χ1n) is 4.42. The fourth-order valence-electron chi connectivity index (χ4n) is 0.958. The number of hydrogen-bond acceptors (Lipinski definition) is 2. The van der Waals surface area contributed by atoms with E-state index in [1.54, 1.807) is 13.8 Å². The molecule has 0 spiro atoms. The van der Waals surface area contributed by atoms with E-state index in [2.05, 4.69) is 21.2 Å². The third-order valence-corrected chi connectivity index (χ3v) is 2.12. The molecule has 0 saturated heterocycles. The first-order chi connectivity index (χ1) is 6.39. The zero-order valence-corrected chi connectivity index (χ0v) is 10.1. The number of nitrogens with one attached hydrogen (secondary N) is 1. The average molecular weight is 260 g/mol. The number of carbonyl (C=O) groups excluding carboxylic acids is 1. The van der Waals surface area contributed by atoms with Gasteiger partial charge in [0.25, 0.3) is 0 Å². The maximum Gasteiger partial charge on any atom is 0.236 e. The number of aryl methyl sites for hydroxylation is 1. The Labute approximate surface area is 92.0 Å². The molecule has 0 unspecified atom stereocenters. The van der Waals surface area contributed by atoms with Gasteiger partial charge in [-0.05, 0) is 32.9 Å². The molecule has 0 atom stereocenters. The van der Waals surface area contributed by atoms with Crippen molar-refractivity contribution >= 4 is 21.8 Å². The van der Waals surface area contributed by atoms with Gasteiger partial charge in [-0.25, -0.2) is 0 Å². The van der Waals surface area contributed by atoms with E-state index in [0.29, 0.717) is 6.54 Å². The van der Waals surface area contributed by atoms with E-state index in [0.717, 1.165) is 11.5 Å². The summed E-state index contributed by atoms with van der Waals surface area (Å²) in [5, 5.41) is 2.77. The van der Waals surface area contributed by atoms with Crippen molar-refractivity contribution in [3.05, 3.63) is 23.7 Å². The van der Waals surface area contributed by atoms with Gasteiger partial charge in [-0.1, -0.05) is 15.9 Å². The number of furan rings is 1. The molecule has 1 aromatic heterocycles. The molecule has 0 radical (unpaired) electrons. The van der Waals surface area contributed by atoms with E-state index < -0.39 is 4.32 Å². The zero-order valence-electron chi connectivity index (χ0n) is 8.56. The van der Waals surface area contributed by atoms with Crippen LogP contribution in [0.4, 0.5) is 0 Å². The molecular formula is C10H14BrNO2. The van der Waals surface area contributed by atoms with Gasteiger partial charge < -0.3 is 9.73 Å². The Bertz CT molecular complexity index is 325. The second-order valence-electron chi connectivity index (χ2n) is 3.67. The molecule has 1 heterocycles. The number of carbonyl (C=O) groups is 1. The van der Waals surface area contributed by atoms with Crippen LogP contribution < -0.4 is 5.32 Å². The molecule has 78 valence electrons. The van der Waals surface area contributed by atoms with E-state index in [4.69, 9.17) is 4.42 Å². The molecule has 0 aromatic carbocycles. The van der Waals surface area contributed by atoms with Gasteiger partial charge in [0.05, 0.1) is 10.9 Å². The van der Waals surface area contributed by atoms with Gasteiger partial charge in [0.15, 0.2) is 0 Å². The lowest BCUT2D eigenvalue weighted by molar-refractivity contribution is -0.122. The van der Waals surface area contributed by atoms with Crippen molar-refractivity contribution in [2.45, 2.75) is 31.6 Å². The molecule has 14 heavy (non-hydrogen) atoms. The van der Waals surface area contributed by atoms with Gasteiger partial charge in [0, 0.05) is 0 Å². The molecule has 0 aliphatic rings. The van der Waals surface area contributed by atoms with Crippen molar-refractivity contribution in [2.75, 3.05) is 0 Å². The average Bonchev–Trinajstić information content (AvgIpc) is 2.45. The van der Waals surface area contributed by atoms with Crippen LogP contribution in [0, 0.1) is 6.92 Å². The minimum absolute atomic E-state index is 0.0495. The van der Waals surface area contributed by atoms with Gasteiger partial charge in [-0.3, -0.25) is 4.79 Å². The summed E-state index contributed by atoms with van der Waals surface area (Å²) in [5.74, 6) is 1.58. The van der Waals surface area contributed by atoms with Crippen LogP contribution in [-0.4, -0.2) is 10.2 Å². The number of amides is 1. The highest BCUT2D eigenvalue weighted by molar-refractivity contribution is 9.10. The third-order valence-electron chi connectivity index (χ3n) is 1.76. The van der Waals surface area contributed by atoms with Crippen LogP contribution in [0.2, 0.25) is 0 Å². The summed E-state index contributed by atoms with van der Waals surface area (Å²) in [6, 6.07) is 3.73. The first kappa shape index (κ1) is 11.3. The van der Waals surface area contributed by atoms with E-state index in [-0.39, 0.29) is 5.91 Å². The van der Waals surface area contributed by atoms with Crippen LogP contribution in [-0.2, 0) is 11.3 Å². The molecule has 4 heteroatoms.